The number of fused-ring (bicyclic) bond motifs is 1. The number of carbonyl (C=O) groups excluding carboxylic acids is 1. The lowest BCUT2D eigenvalue weighted by atomic mass is 9.69. The molecular formula is C21H26N2O3. The maximum absolute atomic E-state index is 12.8. The van der Waals surface area contributed by atoms with Crippen molar-refractivity contribution in [3.63, 3.8) is 0 Å². The molecule has 138 valence electrons. The fourth-order valence-corrected chi connectivity index (χ4v) is 4.81. The standard InChI is InChI=1S/C21H26N2O3/c22-13-20(8-4-5-9-20)19(24)23-14-21(10-2-1-3-11-21)16-6-7-17-18(12-16)26-15-25-17/h6-7,12H,1-5,8-11,14-15H2,(H,23,24). The van der Waals surface area contributed by atoms with E-state index in [1.165, 1.54) is 12.0 Å². The van der Waals surface area contributed by atoms with Gasteiger partial charge in [0.1, 0.15) is 5.41 Å². The van der Waals surface area contributed by atoms with Crippen LogP contribution in [0.3, 0.4) is 0 Å². The Morgan fingerprint density at radius 2 is 1.73 bits per heavy atom. The second-order valence-corrected chi connectivity index (χ2v) is 7.99. The van der Waals surface area contributed by atoms with E-state index >= 15 is 0 Å². The van der Waals surface area contributed by atoms with Gasteiger partial charge in [-0.05, 0) is 43.4 Å². The van der Waals surface area contributed by atoms with Gasteiger partial charge in [0.05, 0.1) is 6.07 Å². The van der Waals surface area contributed by atoms with Crippen LogP contribution >= 0.6 is 0 Å². The van der Waals surface area contributed by atoms with Gasteiger partial charge in [-0.2, -0.15) is 5.26 Å². The number of benzene rings is 1. The second-order valence-electron chi connectivity index (χ2n) is 7.99. The van der Waals surface area contributed by atoms with Gasteiger partial charge in [0.25, 0.3) is 0 Å². The minimum absolute atomic E-state index is 0.0792. The largest absolute Gasteiger partial charge is 0.454 e. The zero-order valence-corrected chi connectivity index (χ0v) is 15.2. The van der Waals surface area contributed by atoms with Crippen LogP contribution in [0.25, 0.3) is 0 Å². The van der Waals surface area contributed by atoms with Crippen molar-refractivity contribution >= 4 is 5.91 Å². The van der Waals surface area contributed by atoms with Crippen LogP contribution in [-0.4, -0.2) is 19.2 Å². The van der Waals surface area contributed by atoms with E-state index in [4.69, 9.17) is 9.47 Å². The van der Waals surface area contributed by atoms with E-state index in [2.05, 4.69) is 23.5 Å². The van der Waals surface area contributed by atoms with Crippen LogP contribution in [0.5, 0.6) is 11.5 Å². The molecule has 5 heteroatoms. The lowest BCUT2D eigenvalue weighted by molar-refractivity contribution is -0.128. The third kappa shape index (κ3) is 2.92. The van der Waals surface area contributed by atoms with Crippen LogP contribution in [-0.2, 0) is 10.2 Å². The minimum Gasteiger partial charge on any atom is -0.454 e. The molecule has 0 radical (unpaired) electrons. The molecule has 5 nitrogen and oxygen atoms in total. The number of nitrogens with one attached hydrogen (secondary N) is 1. The van der Waals surface area contributed by atoms with Crippen LogP contribution in [0.2, 0.25) is 0 Å². The smallest absolute Gasteiger partial charge is 0.240 e. The molecule has 0 spiro atoms. The number of ether oxygens (including phenoxy) is 2. The fourth-order valence-electron chi connectivity index (χ4n) is 4.81. The Kier molecular flexibility index (Phi) is 4.52. The monoisotopic (exact) mass is 354 g/mol. The Labute approximate surface area is 154 Å². The van der Waals surface area contributed by atoms with Crippen molar-refractivity contribution in [2.24, 2.45) is 5.41 Å². The van der Waals surface area contributed by atoms with Crippen LogP contribution in [0, 0.1) is 16.7 Å². The molecule has 0 saturated heterocycles. The molecule has 0 atom stereocenters. The van der Waals surface area contributed by atoms with Crippen LogP contribution in [0.1, 0.15) is 63.4 Å². The number of carbonyl (C=O) groups is 1. The Bertz CT molecular complexity index is 725. The lowest BCUT2D eigenvalue weighted by Gasteiger charge is -2.38. The Balaban J connectivity index is 1.55. The summed E-state index contributed by atoms with van der Waals surface area (Å²) in [4.78, 5) is 12.8. The van der Waals surface area contributed by atoms with E-state index in [1.54, 1.807) is 0 Å². The van der Waals surface area contributed by atoms with E-state index in [-0.39, 0.29) is 18.1 Å². The maximum atomic E-state index is 12.8. The molecule has 1 amide bonds. The number of nitrogens with zero attached hydrogens (tertiary/aromatic N) is 1. The van der Waals surface area contributed by atoms with Gasteiger partial charge < -0.3 is 14.8 Å². The second kappa shape index (κ2) is 6.83. The molecule has 1 aliphatic heterocycles. The average Bonchev–Trinajstić information content (AvgIpc) is 3.36. The molecule has 1 N–H and O–H groups in total. The van der Waals surface area contributed by atoms with Gasteiger partial charge in [-0.25, -0.2) is 0 Å². The highest BCUT2D eigenvalue weighted by Gasteiger charge is 2.43. The van der Waals surface area contributed by atoms with Crippen molar-refractivity contribution in [3.05, 3.63) is 23.8 Å². The topological polar surface area (TPSA) is 71.4 Å². The number of hydrogen-bond donors (Lipinski definition) is 1. The van der Waals surface area contributed by atoms with Gasteiger partial charge in [0, 0.05) is 12.0 Å². The Morgan fingerprint density at radius 3 is 2.46 bits per heavy atom. The van der Waals surface area contributed by atoms with Gasteiger partial charge >= 0.3 is 0 Å². The SMILES string of the molecule is N#CC1(C(=O)NCC2(c3ccc4c(c3)OCO4)CCCCC2)CCCC1. The fraction of sp³-hybridized carbons (Fsp3) is 0.619. The summed E-state index contributed by atoms with van der Waals surface area (Å²) in [6.45, 7) is 0.863. The Morgan fingerprint density at radius 1 is 1.04 bits per heavy atom. The third-order valence-corrected chi connectivity index (χ3v) is 6.49. The summed E-state index contributed by atoms with van der Waals surface area (Å²) < 4.78 is 11.0. The van der Waals surface area contributed by atoms with E-state index in [0.717, 1.165) is 50.0 Å². The molecule has 1 aromatic carbocycles. The normalized spacial score (nSPS) is 22.6. The first-order valence-corrected chi connectivity index (χ1v) is 9.77. The summed E-state index contributed by atoms with van der Waals surface area (Å²) in [7, 11) is 0. The van der Waals surface area contributed by atoms with Gasteiger partial charge in [0.2, 0.25) is 12.7 Å². The lowest BCUT2D eigenvalue weighted by Crippen LogP contribution is -2.46. The van der Waals surface area contributed by atoms with E-state index in [9.17, 15) is 10.1 Å². The quantitative estimate of drug-likeness (QED) is 0.892. The van der Waals surface area contributed by atoms with Crippen molar-refractivity contribution in [1.82, 2.24) is 5.32 Å². The van der Waals surface area contributed by atoms with E-state index < -0.39 is 5.41 Å². The molecule has 4 rings (SSSR count). The molecule has 3 aliphatic rings. The zero-order chi connectivity index (χ0) is 18.0. The predicted octanol–water partition coefficient (Wildman–Crippen LogP) is 3.82. The highest BCUT2D eigenvalue weighted by atomic mass is 16.7. The van der Waals surface area contributed by atoms with Gasteiger partial charge in [-0.15, -0.1) is 0 Å². The minimum atomic E-state index is -0.815. The molecule has 2 fully saturated rings. The van der Waals surface area contributed by atoms with Crippen molar-refractivity contribution in [3.8, 4) is 17.6 Å². The summed E-state index contributed by atoms with van der Waals surface area (Å²) in [6.07, 6.45) is 8.96. The molecule has 0 aromatic heterocycles. The van der Waals surface area contributed by atoms with Crippen LogP contribution in [0.15, 0.2) is 18.2 Å². The number of hydrogen-bond acceptors (Lipinski definition) is 4. The third-order valence-electron chi connectivity index (χ3n) is 6.49. The molecule has 26 heavy (non-hydrogen) atoms. The summed E-state index contributed by atoms with van der Waals surface area (Å²) in [5.41, 5.74) is 0.314. The van der Waals surface area contributed by atoms with Crippen molar-refractivity contribution in [2.45, 2.75) is 63.2 Å². The van der Waals surface area contributed by atoms with E-state index in [1.807, 2.05) is 6.07 Å². The highest BCUT2D eigenvalue weighted by Crippen LogP contribution is 2.44. The highest BCUT2D eigenvalue weighted by molar-refractivity contribution is 5.85. The summed E-state index contributed by atoms with van der Waals surface area (Å²) in [6, 6.07) is 8.47. The Hall–Kier alpha value is -2.22. The number of nitriles is 1. The van der Waals surface area contributed by atoms with Crippen molar-refractivity contribution < 1.29 is 14.3 Å². The first-order chi connectivity index (χ1) is 12.7. The van der Waals surface area contributed by atoms with Crippen LogP contribution < -0.4 is 14.8 Å². The predicted molar refractivity (Wildman–Crippen MR) is 96.9 cm³/mol. The summed E-state index contributed by atoms with van der Waals surface area (Å²) in [5, 5.41) is 12.7. The van der Waals surface area contributed by atoms with Gasteiger partial charge in [-0.3, -0.25) is 4.79 Å². The molecule has 1 aromatic rings. The first kappa shape index (κ1) is 17.2. The zero-order valence-electron chi connectivity index (χ0n) is 15.2. The van der Waals surface area contributed by atoms with Gasteiger partial charge in [-0.1, -0.05) is 38.2 Å². The molecular weight excluding hydrogens is 328 g/mol. The maximum Gasteiger partial charge on any atom is 0.240 e. The first-order valence-electron chi connectivity index (χ1n) is 9.77. The van der Waals surface area contributed by atoms with Crippen molar-refractivity contribution in [1.29, 1.82) is 5.26 Å². The van der Waals surface area contributed by atoms with Crippen molar-refractivity contribution in [2.75, 3.05) is 13.3 Å². The summed E-state index contributed by atoms with van der Waals surface area (Å²) in [5.74, 6) is 1.50. The number of rotatable bonds is 4. The average molecular weight is 354 g/mol. The molecule has 0 unspecified atom stereocenters. The summed E-state index contributed by atoms with van der Waals surface area (Å²) >= 11 is 0. The molecule has 0 bridgehead atoms. The molecule has 1 heterocycles. The van der Waals surface area contributed by atoms with Gasteiger partial charge in [0.15, 0.2) is 11.5 Å². The van der Waals surface area contributed by atoms with E-state index in [0.29, 0.717) is 19.4 Å². The molecule has 2 saturated carbocycles. The molecule has 2 aliphatic carbocycles. The van der Waals surface area contributed by atoms with Crippen LogP contribution in [0.4, 0.5) is 0 Å². The number of amides is 1.